The zero-order valence-electron chi connectivity index (χ0n) is 8.30. The van der Waals surface area contributed by atoms with Crippen LogP contribution >= 0.6 is 0 Å². The third-order valence-electron chi connectivity index (χ3n) is 1.98. The smallest absolute Gasteiger partial charge is 0.317 e. The van der Waals surface area contributed by atoms with Gasteiger partial charge in [0, 0.05) is 13.1 Å². The molecule has 0 aromatic carbocycles. The molecular formula is C8H14N4O2. The summed E-state index contributed by atoms with van der Waals surface area (Å²) in [7, 11) is 1.33. The summed E-state index contributed by atoms with van der Waals surface area (Å²) in [6.45, 7) is 2.75. The van der Waals surface area contributed by atoms with Gasteiger partial charge in [-0.3, -0.25) is 4.79 Å². The van der Waals surface area contributed by atoms with Crippen LogP contribution in [-0.4, -0.2) is 34.4 Å². The second-order valence-corrected chi connectivity index (χ2v) is 2.75. The van der Waals surface area contributed by atoms with Crippen molar-refractivity contribution in [2.75, 3.05) is 13.7 Å². The van der Waals surface area contributed by atoms with Crippen molar-refractivity contribution in [3.05, 3.63) is 12.2 Å². The molecule has 0 bridgehead atoms. The van der Waals surface area contributed by atoms with E-state index in [-0.39, 0.29) is 12.5 Å². The van der Waals surface area contributed by atoms with Gasteiger partial charge < -0.3 is 10.5 Å². The minimum atomic E-state index is -0.526. The zero-order valence-corrected chi connectivity index (χ0v) is 8.30. The monoisotopic (exact) mass is 198 g/mol. The van der Waals surface area contributed by atoms with Crippen LogP contribution in [0.2, 0.25) is 0 Å². The van der Waals surface area contributed by atoms with E-state index in [1.165, 1.54) is 13.4 Å². The number of aromatic nitrogens is 3. The number of carbonyl (C=O) groups is 1. The number of rotatable bonds is 4. The molecule has 2 N–H and O–H groups in total. The van der Waals surface area contributed by atoms with E-state index in [9.17, 15) is 4.79 Å². The summed E-state index contributed by atoms with van der Waals surface area (Å²) >= 11 is 0. The molecule has 1 aromatic heterocycles. The number of hydrogen-bond acceptors (Lipinski definition) is 5. The Balaban J connectivity index is 2.94. The highest BCUT2D eigenvalue weighted by atomic mass is 16.5. The van der Waals surface area contributed by atoms with E-state index in [1.54, 1.807) is 4.68 Å². The Morgan fingerprint density at radius 3 is 3.00 bits per heavy atom. The first kappa shape index (κ1) is 10.6. The highest BCUT2D eigenvalue weighted by Crippen LogP contribution is 2.12. The fraction of sp³-hybridized carbons (Fsp3) is 0.625. The number of aryl methyl sites for hydroxylation is 1. The molecule has 0 fully saturated rings. The summed E-state index contributed by atoms with van der Waals surface area (Å²) < 4.78 is 6.26. The van der Waals surface area contributed by atoms with Crippen molar-refractivity contribution in [3.8, 4) is 0 Å². The molecule has 1 unspecified atom stereocenters. The lowest BCUT2D eigenvalue weighted by atomic mass is 10.1. The molecule has 1 rings (SSSR count). The Morgan fingerprint density at radius 1 is 1.79 bits per heavy atom. The molecule has 0 aliphatic carbocycles. The lowest BCUT2D eigenvalue weighted by Crippen LogP contribution is -2.26. The Hall–Kier alpha value is -1.43. The Bertz CT molecular complexity index is 310. The number of carbonyl (C=O) groups excluding carboxylic acids is 1. The van der Waals surface area contributed by atoms with Crippen LogP contribution in [0.3, 0.4) is 0 Å². The van der Waals surface area contributed by atoms with Gasteiger partial charge in [0.1, 0.15) is 18.1 Å². The zero-order chi connectivity index (χ0) is 10.6. The minimum absolute atomic E-state index is 0.172. The van der Waals surface area contributed by atoms with Gasteiger partial charge in [-0.15, -0.1) is 0 Å². The topological polar surface area (TPSA) is 83.0 Å². The van der Waals surface area contributed by atoms with Crippen LogP contribution in [0.15, 0.2) is 6.33 Å². The van der Waals surface area contributed by atoms with Gasteiger partial charge in [-0.1, -0.05) is 0 Å². The normalized spacial score (nSPS) is 12.5. The fourth-order valence-corrected chi connectivity index (χ4v) is 1.24. The molecule has 1 atom stereocenters. The third-order valence-corrected chi connectivity index (χ3v) is 1.98. The second kappa shape index (κ2) is 4.71. The Morgan fingerprint density at radius 2 is 2.50 bits per heavy atom. The van der Waals surface area contributed by atoms with E-state index < -0.39 is 5.92 Å². The molecule has 0 saturated heterocycles. The largest absolute Gasteiger partial charge is 0.468 e. The summed E-state index contributed by atoms with van der Waals surface area (Å²) in [5.41, 5.74) is 5.48. The number of ether oxygens (including phenoxy) is 1. The van der Waals surface area contributed by atoms with Crippen molar-refractivity contribution in [1.29, 1.82) is 0 Å². The van der Waals surface area contributed by atoms with Gasteiger partial charge in [0.05, 0.1) is 7.11 Å². The summed E-state index contributed by atoms with van der Waals surface area (Å²) in [6, 6.07) is 0. The van der Waals surface area contributed by atoms with Crippen LogP contribution in [-0.2, 0) is 16.1 Å². The maximum absolute atomic E-state index is 11.3. The molecule has 78 valence electrons. The third kappa shape index (κ3) is 1.90. The maximum Gasteiger partial charge on any atom is 0.317 e. The van der Waals surface area contributed by atoms with Gasteiger partial charge in [-0.05, 0) is 6.92 Å². The van der Waals surface area contributed by atoms with E-state index in [0.717, 1.165) is 0 Å². The predicted molar refractivity (Wildman–Crippen MR) is 49.5 cm³/mol. The van der Waals surface area contributed by atoms with E-state index in [1.807, 2.05) is 6.92 Å². The predicted octanol–water partition coefficient (Wildman–Crippen LogP) is -0.487. The highest BCUT2D eigenvalue weighted by Gasteiger charge is 2.24. The van der Waals surface area contributed by atoms with Crippen LogP contribution in [0.4, 0.5) is 0 Å². The minimum Gasteiger partial charge on any atom is -0.468 e. The van der Waals surface area contributed by atoms with Gasteiger partial charge in [0.25, 0.3) is 0 Å². The van der Waals surface area contributed by atoms with Crippen molar-refractivity contribution in [1.82, 2.24) is 14.8 Å². The van der Waals surface area contributed by atoms with Crippen molar-refractivity contribution >= 4 is 5.97 Å². The number of esters is 1. The maximum atomic E-state index is 11.3. The molecule has 1 heterocycles. The molecule has 6 nitrogen and oxygen atoms in total. The number of nitrogens with two attached hydrogens (primary N) is 1. The first-order valence-electron chi connectivity index (χ1n) is 4.40. The summed E-state index contributed by atoms with van der Waals surface area (Å²) in [5, 5.41) is 3.96. The van der Waals surface area contributed by atoms with Crippen molar-refractivity contribution in [3.63, 3.8) is 0 Å². The number of methoxy groups -OCH3 is 1. The lowest BCUT2D eigenvalue weighted by Gasteiger charge is -2.11. The standard InChI is InChI=1S/C8H14N4O2/c1-3-12-7(10-5-11-12)6(4-9)8(13)14-2/h5-6H,3-4,9H2,1-2H3. The van der Waals surface area contributed by atoms with E-state index in [2.05, 4.69) is 14.8 Å². The second-order valence-electron chi connectivity index (χ2n) is 2.75. The number of nitrogens with zero attached hydrogens (tertiary/aromatic N) is 3. The average Bonchev–Trinajstić information content (AvgIpc) is 2.66. The molecule has 14 heavy (non-hydrogen) atoms. The first-order valence-corrected chi connectivity index (χ1v) is 4.40. The molecule has 0 aliphatic heterocycles. The van der Waals surface area contributed by atoms with Crippen LogP contribution in [0, 0.1) is 0 Å². The van der Waals surface area contributed by atoms with Gasteiger partial charge in [-0.25, -0.2) is 9.67 Å². The Kier molecular flexibility index (Phi) is 3.58. The van der Waals surface area contributed by atoms with Gasteiger partial charge >= 0.3 is 5.97 Å². The van der Waals surface area contributed by atoms with E-state index >= 15 is 0 Å². The van der Waals surface area contributed by atoms with E-state index in [0.29, 0.717) is 12.4 Å². The van der Waals surface area contributed by atoms with Gasteiger partial charge in [0.2, 0.25) is 0 Å². The molecule has 0 radical (unpaired) electrons. The van der Waals surface area contributed by atoms with Crippen molar-refractivity contribution < 1.29 is 9.53 Å². The lowest BCUT2D eigenvalue weighted by molar-refractivity contribution is -0.142. The number of hydrogen-bond donors (Lipinski definition) is 1. The van der Waals surface area contributed by atoms with Crippen molar-refractivity contribution in [2.45, 2.75) is 19.4 Å². The summed E-state index contributed by atoms with van der Waals surface area (Å²) in [4.78, 5) is 15.3. The molecule has 0 aliphatic rings. The summed E-state index contributed by atoms with van der Waals surface area (Å²) in [5.74, 6) is -0.348. The highest BCUT2D eigenvalue weighted by molar-refractivity contribution is 5.77. The molecule has 1 aromatic rings. The molecule has 0 spiro atoms. The van der Waals surface area contributed by atoms with Crippen LogP contribution < -0.4 is 5.73 Å². The summed E-state index contributed by atoms with van der Waals surface area (Å²) in [6.07, 6.45) is 1.41. The van der Waals surface area contributed by atoms with Gasteiger partial charge in [-0.2, -0.15) is 5.10 Å². The molecule has 0 saturated carbocycles. The van der Waals surface area contributed by atoms with Gasteiger partial charge in [0.15, 0.2) is 0 Å². The SMILES string of the molecule is CCn1ncnc1C(CN)C(=O)OC. The van der Waals surface area contributed by atoms with Crippen LogP contribution in [0.5, 0.6) is 0 Å². The van der Waals surface area contributed by atoms with Crippen LogP contribution in [0.25, 0.3) is 0 Å². The molecular weight excluding hydrogens is 184 g/mol. The fourth-order valence-electron chi connectivity index (χ4n) is 1.24. The van der Waals surface area contributed by atoms with E-state index in [4.69, 9.17) is 5.73 Å². The first-order chi connectivity index (χ1) is 6.74. The molecule has 6 heteroatoms. The molecule has 0 amide bonds. The van der Waals surface area contributed by atoms with Crippen LogP contribution in [0.1, 0.15) is 18.7 Å². The Labute approximate surface area is 82.1 Å². The van der Waals surface area contributed by atoms with Crippen molar-refractivity contribution in [2.24, 2.45) is 5.73 Å². The average molecular weight is 198 g/mol. The quantitative estimate of drug-likeness (QED) is 0.660.